The quantitative estimate of drug-likeness (QED) is 0.401. The number of rotatable bonds is 6. The molecular formula is C27H25ClF2N2O5S. The molecule has 200 valence electrons. The van der Waals surface area contributed by atoms with Gasteiger partial charge < -0.3 is 15.5 Å². The number of anilines is 1. The van der Waals surface area contributed by atoms with E-state index in [9.17, 15) is 32.2 Å². The molecule has 2 aromatic carbocycles. The highest BCUT2D eigenvalue weighted by Crippen LogP contribution is 2.56. The van der Waals surface area contributed by atoms with Gasteiger partial charge in [0.1, 0.15) is 11.7 Å². The number of aromatic nitrogens is 1. The summed E-state index contributed by atoms with van der Waals surface area (Å²) in [5.74, 6) is -3.87. The number of aliphatic hydroxyl groups excluding tert-OH is 1. The number of benzene rings is 2. The monoisotopic (exact) mass is 562 g/mol. The Balaban J connectivity index is 1.39. The molecule has 38 heavy (non-hydrogen) atoms. The number of hydrogen-bond acceptors (Lipinski definition) is 6. The normalized spacial score (nSPS) is 25.7. The van der Waals surface area contributed by atoms with Gasteiger partial charge in [0, 0.05) is 23.5 Å². The van der Waals surface area contributed by atoms with Crippen molar-refractivity contribution < 1.29 is 32.2 Å². The molecule has 0 radical (unpaired) electrons. The molecule has 2 fully saturated rings. The fourth-order valence-corrected chi connectivity index (χ4v) is 8.24. The molecule has 1 heterocycles. The molecule has 2 bridgehead atoms. The zero-order chi connectivity index (χ0) is 27.2. The Morgan fingerprint density at radius 1 is 1.05 bits per heavy atom. The van der Waals surface area contributed by atoms with Crippen LogP contribution in [0.5, 0.6) is 0 Å². The van der Waals surface area contributed by atoms with E-state index in [4.69, 9.17) is 11.6 Å². The molecule has 7 nitrogen and oxygen atoms in total. The van der Waals surface area contributed by atoms with E-state index in [-0.39, 0.29) is 34.0 Å². The Hall–Kier alpha value is -2.92. The topological polar surface area (TPSA) is 117 Å². The first-order chi connectivity index (χ1) is 18.0. The van der Waals surface area contributed by atoms with Crippen LogP contribution in [0.2, 0.25) is 5.02 Å². The summed E-state index contributed by atoms with van der Waals surface area (Å²) in [6.07, 6.45) is 1.61. The van der Waals surface area contributed by atoms with E-state index in [1.165, 1.54) is 30.5 Å². The first-order valence-electron chi connectivity index (χ1n) is 12.1. The molecule has 1 amide bonds. The van der Waals surface area contributed by atoms with Crippen molar-refractivity contribution in [2.45, 2.75) is 47.5 Å². The summed E-state index contributed by atoms with van der Waals surface area (Å²) in [4.78, 5) is 16.7. The smallest absolute Gasteiger partial charge is 0.255 e. The molecule has 2 saturated carbocycles. The van der Waals surface area contributed by atoms with Crippen LogP contribution in [0.15, 0.2) is 65.7 Å². The van der Waals surface area contributed by atoms with Crippen LogP contribution < -0.4 is 5.32 Å². The van der Waals surface area contributed by atoms with Gasteiger partial charge in [0.15, 0.2) is 21.5 Å². The van der Waals surface area contributed by atoms with Crippen LogP contribution in [-0.4, -0.2) is 40.4 Å². The van der Waals surface area contributed by atoms with Crippen molar-refractivity contribution in [3.63, 3.8) is 0 Å². The zero-order valence-electron chi connectivity index (χ0n) is 20.0. The molecule has 5 rings (SSSR count). The van der Waals surface area contributed by atoms with Crippen LogP contribution in [0.3, 0.4) is 0 Å². The largest absolute Gasteiger partial charge is 0.386 e. The van der Waals surface area contributed by atoms with Crippen LogP contribution in [0, 0.1) is 23.5 Å². The summed E-state index contributed by atoms with van der Waals surface area (Å²) >= 11 is 6.28. The van der Waals surface area contributed by atoms with Gasteiger partial charge in [-0.2, -0.15) is 0 Å². The Morgan fingerprint density at radius 3 is 2.39 bits per heavy atom. The molecule has 0 spiro atoms. The van der Waals surface area contributed by atoms with Gasteiger partial charge in [0.05, 0.1) is 20.9 Å². The van der Waals surface area contributed by atoms with Crippen molar-refractivity contribution in [1.29, 1.82) is 0 Å². The third kappa shape index (κ3) is 4.59. The van der Waals surface area contributed by atoms with Gasteiger partial charge >= 0.3 is 0 Å². The van der Waals surface area contributed by atoms with Gasteiger partial charge in [-0.15, -0.1) is 0 Å². The van der Waals surface area contributed by atoms with Gasteiger partial charge in [0.25, 0.3) is 5.91 Å². The van der Waals surface area contributed by atoms with Gasteiger partial charge in [-0.3, -0.25) is 9.78 Å². The first kappa shape index (κ1) is 26.7. The number of nitrogens with one attached hydrogen (secondary N) is 1. The lowest BCUT2D eigenvalue weighted by Crippen LogP contribution is -2.52. The summed E-state index contributed by atoms with van der Waals surface area (Å²) in [6.45, 7) is 0. The second-order valence-corrected chi connectivity index (χ2v) is 12.5. The highest BCUT2D eigenvalue weighted by Gasteiger charge is 2.59. The Labute approximate surface area is 223 Å². The maximum atomic E-state index is 13.7. The Morgan fingerprint density at radius 2 is 1.76 bits per heavy atom. The molecule has 5 atom stereocenters. The first-order valence-corrected chi connectivity index (χ1v) is 14.1. The number of sulfone groups is 1. The van der Waals surface area contributed by atoms with Crippen LogP contribution >= 0.6 is 11.6 Å². The van der Waals surface area contributed by atoms with Gasteiger partial charge in [-0.1, -0.05) is 17.7 Å². The lowest BCUT2D eigenvalue weighted by Gasteiger charge is -2.45. The highest BCUT2D eigenvalue weighted by atomic mass is 35.5. The van der Waals surface area contributed by atoms with Crippen molar-refractivity contribution in [3.05, 3.63) is 88.7 Å². The summed E-state index contributed by atoms with van der Waals surface area (Å²) in [5, 5.41) is 24.1. The summed E-state index contributed by atoms with van der Waals surface area (Å²) in [5.41, 5.74) is -1.20. The standard InChI is InChI=1S/C27H25ClF2N2O5S/c28-20-8-4-15(26(34)32-18-7-9-21(29)22(30)14-18)11-24(20)38(36,37)19-12-16-5-6-17(13-19)27(16,35)25(33)23-3-1-2-10-31-23/h1-4,7-11,14,16-17,19,25,33,35H,5-6,12-13H2,(H,32,34)/t16-,17?,19?,25?,27?/m0/s1. The maximum absolute atomic E-state index is 13.7. The lowest BCUT2D eigenvalue weighted by atomic mass is 9.70. The molecule has 0 saturated heterocycles. The zero-order valence-corrected chi connectivity index (χ0v) is 21.6. The van der Waals surface area contributed by atoms with E-state index in [1.807, 2.05) is 0 Å². The third-order valence-corrected chi connectivity index (χ3v) is 10.4. The average Bonchev–Trinajstić information content (AvgIpc) is 3.06. The summed E-state index contributed by atoms with van der Waals surface area (Å²) in [6, 6.07) is 11.7. The summed E-state index contributed by atoms with van der Waals surface area (Å²) in [7, 11) is -4.03. The number of carbonyl (C=O) groups excluding carboxylic acids is 1. The number of pyridine rings is 1. The molecule has 3 N–H and O–H groups in total. The fraction of sp³-hybridized carbons (Fsp3) is 0.333. The van der Waals surface area contributed by atoms with E-state index in [0.717, 1.165) is 12.1 Å². The number of halogens is 3. The van der Waals surface area contributed by atoms with Crippen LogP contribution in [0.25, 0.3) is 0 Å². The van der Waals surface area contributed by atoms with Crippen molar-refractivity contribution in [3.8, 4) is 0 Å². The van der Waals surface area contributed by atoms with E-state index in [2.05, 4.69) is 10.3 Å². The molecule has 4 unspecified atom stereocenters. The second kappa shape index (κ2) is 10.00. The van der Waals surface area contributed by atoms with E-state index < -0.39 is 56.2 Å². The Kier molecular flexibility index (Phi) is 7.02. The van der Waals surface area contributed by atoms with E-state index >= 15 is 0 Å². The van der Waals surface area contributed by atoms with Crippen molar-refractivity contribution in [2.24, 2.45) is 11.8 Å². The highest BCUT2D eigenvalue weighted by molar-refractivity contribution is 7.92. The predicted octanol–water partition coefficient (Wildman–Crippen LogP) is 4.69. The fourth-order valence-electron chi connectivity index (χ4n) is 5.84. The van der Waals surface area contributed by atoms with Crippen LogP contribution in [0.4, 0.5) is 14.5 Å². The lowest BCUT2D eigenvalue weighted by molar-refractivity contribution is -0.145. The van der Waals surface area contributed by atoms with Gasteiger partial charge in [-0.25, -0.2) is 17.2 Å². The number of aliphatic hydroxyl groups is 2. The van der Waals surface area contributed by atoms with Gasteiger partial charge in [0.2, 0.25) is 0 Å². The minimum atomic E-state index is -4.03. The van der Waals surface area contributed by atoms with Crippen molar-refractivity contribution in [1.82, 2.24) is 4.98 Å². The molecule has 2 aliphatic carbocycles. The minimum absolute atomic E-state index is 0.00265. The molecule has 0 aliphatic heterocycles. The molecular weight excluding hydrogens is 538 g/mol. The van der Waals surface area contributed by atoms with E-state index in [0.29, 0.717) is 18.5 Å². The SMILES string of the molecule is O=C(Nc1ccc(F)c(F)c1)c1ccc(Cl)c(S(=O)(=O)C2CC3CC[C@@H](C2)C3(O)C(O)c2ccccn2)c1. The number of carbonyl (C=O) groups is 1. The molecule has 11 heteroatoms. The predicted molar refractivity (Wildman–Crippen MR) is 136 cm³/mol. The second-order valence-electron chi connectivity index (χ2n) is 9.88. The molecule has 3 aromatic rings. The minimum Gasteiger partial charge on any atom is -0.386 e. The average molecular weight is 563 g/mol. The van der Waals surface area contributed by atoms with Crippen molar-refractivity contribution in [2.75, 3.05) is 5.32 Å². The maximum Gasteiger partial charge on any atom is 0.255 e. The van der Waals surface area contributed by atoms with Crippen molar-refractivity contribution >= 4 is 33.0 Å². The Bertz CT molecular complexity index is 1470. The number of fused-ring (bicyclic) bond motifs is 2. The van der Waals surface area contributed by atoms with Gasteiger partial charge in [-0.05, 0) is 80.0 Å². The van der Waals surface area contributed by atoms with Crippen LogP contribution in [-0.2, 0) is 9.84 Å². The number of hydrogen-bond donors (Lipinski definition) is 3. The van der Waals surface area contributed by atoms with E-state index in [1.54, 1.807) is 18.2 Å². The van der Waals surface area contributed by atoms with Crippen LogP contribution in [0.1, 0.15) is 47.8 Å². The molecule has 2 aliphatic rings. The number of nitrogens with zero attached hydrogens (tertiary/aromatic N) is 1. The third-order valence-electron chi connectivity index (χ3n) is 7.79. The molecule has 1 aromatic heterocycles. The summed E-state index contributed by atoms with van der Waals surface area (Å²) < 4.78 is 54.2. The number of amides is 1.